The van der Waals surface area contributed by atoms with Gasteiger partial charge in [-0.2, -0.15) is 0 Å². The first-order chi connectivity index (χ1) is 8.00. The second-order valence-electron chi connectivity index (χ2n) is 5.62. The third kappa shape index (κ3) is 2.31. The highest BCUT2D eigenvalue weighted by atomic mass is 16.4. The molecule has 1 saturated carbocycles. The van der Waals surface area contributed by atoms with Crippen LogP contribution in [0.25, 0.3) is 0 Å². The maximum atomic E-state index is 11.9. The Morgan fingerprint density at radius 3 is 2.65 bits per heavy atom. The van der Waals surface area contributed by atoms with Crippen LogP contribution in [0, 0.1) is 17.8 Å². The monoisotopic (exact) mass is 239 g/mol. The first-order valence-electron chi connectivity index (χ1n) is 6.53. The van der Waals surface area contributed by atoms with E-state index in [4.69, 9.17) is 5.11 Å². The number of nitrogens with zero attached hydrogens (tertiary/aromatic N) is 1. The quantitative estimate of drug-likeness (QED) is 0.798. The summed E-state index contributed by atoms with van der Waals surface area (Å²) in [6.45, 7) is 4.83. The van der Waals surface area contributed by atoms with Gasteiger partial charge in [0.2, 0.25) is 5.91 Å². The number of carboxylic acid groups (broad SMARTS) is 1. The van der Waals surface area contributed by atoms with Crippen LogP contribution in [-0.4, -0.2) is 34.5 Å². The molecule has 0 aromatic rings. The highest BCUT2D eigenvalue weighted by Crippen LogP contribution is 2.35. The highest BCUT2D eigenvalue weighted by molar-refractivity contribution is 5.86. The van der Waals surface area contributed by atoms with E-state index in [2.05, 4.69) is 13.8 Å². The third-order valence-electron chi connectivity index (χ3n) is 4.57. The van der Waals surface area contributed by atoms with Gasteiger partial charge in [0, 0.05) is 19.0 Å². The Morgan fingerprint density at radius 1 is 1.35 bits per heavy atom. The van der Waals surface area contributed by atoms with Crippen molar-refractivity contribution in [1.29, 1.82) is 0 Å². The van der Waals surface area contributed by atoms with Crippen LogP contribution >= 0.6 is 0 Å². The molecule has 0 spiro atoms. The number of amides is 1. The fourth-order valence-electron chi connectivity index (χ4n) is 3.21. The molecule has 4 nitrogen and oxygen atoms in total. The molecule has 1 amide bonds. The van der Waals surface area contributed by atoms with Crippen molar-refractivity contribution in [3.8, 4) is 0 Å². The predicted molar refractivity (Wildman–Crippen MR) is 63.4 cm³/mol. The third-order valence-corrected chi connectivity index (χ3v) is 4.57. The van der Waals surface area contributed by atoms with Crippen molar-refractivity contribution >= 4 is 11.9 Å². The largest absolute Gasteiger partial charge is 0.481 e. The zero-order valence-electron chi connectivity index (χ0n) is 10.6. The molecule has 0 aromatic heterocycles. The number of carboxylic acids is 1. The molecule has 1 aliphatic heterocycles. The van der Waals surface area contributed by atoms with Crippen molar-refractivity contribution < 1.29 is 14.7 Å². The van der Waals surface area contributed by atoms with Gasteiger partial charge in [0.25, 0.3) is 0 Å². The number of carbonyl (C=O) groups excluding carboxylic acids is 1. The Hall–Kier alpha value is -1.06. The van der Waals surface area contributed by atoms with E-state index in [1.165, 1.54) is 6.42 Å². The fraction of sp³-hybridized carbons (Fsp3) is 0.846. The fourth-order valence-corrected chi connectivity index (χ4v) is 3.21. The molecule has 17 heavy (non-hydrogen) atoms. The van der Waals surface area contributed by atoms with Crippen LogP contribution in [0.15, 0.2) is 0 Å². The number of hydrogen-bond acceptors (Lipinski definition) is 2. The smallest absolute Gasteiger partial charge is 0.308 e. The van der Waals surface area contributed by atoms with Gasteiger partial charge in [-0.25, -0.2) is 0 Å². The number of carbonyl (C=O) groups is 2. The second-order valence-corrected chi connectivity index (χ2v) is 5.62. The van der Waals surface area contributed by atoms with Gasteiger partial charge in [-0.15, -0.1) is 0 Å². The molecule has 96 valence electrons. The van der Waals surface area contributed by atoms with E-state index in [1.54, 1.807) is 0 Å². The summed E-state index contributed by atoms with van der Waals surface area (Å²) in [5.74, 6) is -0.182. The summed E-state index contributed by atoms with van der Waals surface area (Å²) in [7, 11) is 0. The summed E-state index contributed by atoms with van der Waals surface area (Å²) in [4.78, 5) is 24.7. The predicted octanol–water partition coefficient (Wildman–Crippen LogP) is 1.74. The number of hydrogen-bond donors (Lipinski definition) is 1. The molecule has 0 bridgehead atoms. The second kappa shape index (κ2) is 4.67. The minimum atomic E-state index is -0.836. The van der Waals surface area contributed by atoms with Crippen molar-refractivity contribution in [3.63, 3.8) is 0 Å². The molecule has 0 aromatic carbocycles. The lowest BCUT2D eigenvalue weighted by Crippen LogP contribution is -2.45. The topological polar surface area (TPSA) is 57.6 Å². The van der Waals surface area contributed by atoms with Crippen LogP contribution in [0.5, 0.6) is 0 Å². The van der Waals surface area contributed by atoms with E-state index in [0.29, 0.717) is 18.4 Å². The minimum Gasteiger partial charge on any atom is -0.481 e. The Balaban J connectivity index is 2.07. The number of likely N-dealkylation sites (tertiary alicyclic amines) is 1. The van der Waals surface area contributed by atoms with E-state index >= 15 is 0 Å². The van der Waals surface area contributed by atoms with Crippen molar-refractivity contribution in [3.05, 3.63) is 0 Å². The van der Waals surface area contributed by atoms with Crippen LogP contribution in [-0.2, 0) is 9.59 Å². The van der Waals surface area contributed by atoms with Crippen LogP contribution in [0.3, 0.4) is 0 Å². The molecule has 1 N–H and O–H groups in total. The zero-order valence-corrected chi connectivity index (χ0v) is 10.6. The van der Waals surface area contributed by atoms with Crippen LogP contribution in [0.2, 0.25) is 0 Å². The van der Waals surface area contributed by atoms with Gasteiger partial charge >= 0.3 is 5.97 Å². The maximum Gasteiger partial charge on any atom is 0.308 e. The van der Waals surface area contributed by atoms with E-state index in [9.17, 15) is 9.59 Å². The standard InChI is InChI=1S/C13H21NO3/c1-8-4-3-5-11(9(8)2)14-7-10(13(16)17)6-12(14)15/h8-11H,3-7H2,1-2H3,(H,16,17)/t8-,9+,10+,11-/m0/s1. The van der Waals surface area contributed by atoms with Gasteiger partial charge in [0.05, 0.1) is 5.92 Å². The first kappa shape index (κ1) is 12.4. The Kier molecular flexibility index (Phi) is 3.40. The van der Waals surface area contributed by atoms with E-state index in [-0.39, 0.29) is 18.4 Å². The van der Waals surface area contributed by atoms with Crippen molar-refractivity contribution in [2.45, 2.75) is 45.6 Å². The highest BCUT2D eigenvalue weighted by Gasteiger charge is 2.41. The molecule has 0 unspecified atom stereocenters. The SMILES string of the molecule is C[C@@H]1[C@@H](C)CCC[C@@H]1N1C[C@H](C(=O)O)CC1=O. The van der Waals surface area contributed by atoms with E-state index in [1.807, 2.05) is 4.90 Å². The molecule has 4 atom stereocenters. The lowest BCUT2D eigenvalue weighted by Gasteiger charge is -2.39. The van der Waals surface area contributed by atoms with Crippen LogP contribution in [0.4, 0.5) is 0 Å². The molecule has 2 aliphatic rings. The molecular weight excluding hydrogens is 218 g/mol. The van der Waals surface area contributed by atoms with Gasteiger partial charge in [-0.05, 0) is 18.3 Å². The zero-order chi connectivity index (χ0) is 12.6. The molecule has 1 aliphatic carbocycles. The van der Waals surface area contributed by atoms with Gasteiger partial charge < -0.3 is 10.0 Å². The number of aliphatic carboxylic acids is 1. The first-order valence-corrected chi connectivity index (χ1v) is 6.53. The lowest BCUT2D eigenvalue weighted by molar-refractivity contribution is -0.141. The Morgan fingerprint density at radius 2 is 2.06 bits per heavy atom. The Labute approximate surface area is 102 Å². The Bertz CT molecular complexity index is 329. The summed E-state index contributed by atoms with van der Waals surface area (Å²) < 4.78 is 0. The van der Waals surface area contributed by atoms with Crippen LogP contribution < -0.4 is 0 Å². The lowest BCUT2D eigenvalue weighted by atomic mass is 9.77. The van der Waals surface area contributed by atoms with Crippen molar-refractivity contribution in [2.24, 2.45) is 17.8 Å². The molecule has 0 radical (unpaired) electrons. The summed E-state index contributed by atoms with van der Waals surface area (Å²) >= 11 is 0. The molecule has 1 saturated heterocycles. The van der Waals surface area contributed by atoms with Gasteiger partial charge in [-0.1, -0.05) is 26.7 Å². The molecule has 1 heterocycles. The minimum absolute atomic E-state index is 0.0309. The molecule has 4 heteroatoms. The van der Waals surface area contributed by atoms with Crippen LogP contribution in [0.1, 0.15) is 39.5 Å². The average molecular weight is 239 g/mol. The molecule has 2 fully saturated rings. The van der Waals surface area contributed by atoms with E-state index in [0.717, 1.165) is 12.8 Å². The van der Waals surface area contributed by atoms with Gasteiger partial charge in [0.15, 0.2) is 0 Å². The summed E-state index contributed by atoms with van der Waals surface area (Å²) in [5, 5.41) is 8.99. The molecule has 2 rings (SSSR count). The average Bonchev–Trinajstić information content (AvgIpc) is 2.65. The van der Waals surface area contributed by atoms with Gasteiger partial charge in [-0.3, -0.25) is 9.59 Å². The summed E-state index contributed by atoms with van der Waals surface area (Å²) in [6, 6.07) is 0.260. The summed E-state index contributed by atoms with van der Waals surface area (Å²) in [5.41, 5.74) is 0. The summed E-state index contributed by atoms with van der Waals surface area (Å²) in [6.07, 6.45) is 3.59. The van der Waals surface area contributed by atoms with Crippen molar-refractivity contribution in [1.82, 2.24) is 4.90 Å². The molecular formula is C13H21NO3. The van der Waals surface area contributed by atoms with Crippen molar-refractivity contribution in [2.75, 3.05) is 6.54 Å². The number of rotatable bonds is 2. The maximum absolute atomic E-state index is 11.9. The normalized spacial score (nSPS) is 38.5. The van der Waals surface area contributed by atoms with Gasteiger partial charge in [0.1, 0.15) is 0 Å². The van der Waals surface area contributed by atoms with E-state index < -0.39 is 11.9 Å².